The van der Waals surface area contributed by atoms with Crippen LogP contribution in [0.5, 0.6) is 0 Å². The molecule has 160 valence electrons. The van der Waals surface area contributed by atoms with Gasteiger partial charge in [0, 0.05) is 44.2 Å². The molecule has 0 spiro atoms. The number of nitro groups is 1. The Morgan fingerprint density at radius 2 is 1.97 bits per heavy atom. The lowest BCUT2D eigenvalue weighted by Crippen LogP contribution is -2.27. The summed E-state index contributed by atoms with van der Waals surface area (Å²) in [6.07, 6.45) is 7.01. The fraction of sp³-hybridized carbons (Fsp3) is 0.304. The van der Waals surface area contributed by atoms with Gasteiger partial charge in [-0.1, -0.05) is 36.4 Å². The maximum atomic E-state index is 11.6. The van der Waals surface area contributed by atoms with E-state index in [1.807, 2.05) is 13.0 Å². The Kier molecular flexibility index (Phi) is 6.37. The van der Waals surface area contributed by atoms with Crippen molar-refractivity contribution in [2.24, 2.45) is 0 Å². The van der Waals surface area contributed by atoms with Gasteiger partial charge in [-0.3, -0.25) is 15.0 Å². The predicted octanol–water partition coefficient (Wildman–Crippen LogP) is 4.34. The molecule has 4 rings (SSSR count). The van der Waals surface area contributed by atoms with Crippen LogP contribution < -0.4 is 10.6 Å². The Morgan fingerprint density at radius 3 is 2.71 bits per heavy atom. The third kappa shape index (κ3) is 4.80. The fourth-order valence-corrected chi connectivity index (χ4v) is 3.85. The Bertz CT molecular complexity index is 1110. The molecule has 2 heterocycles. The third-order valence-corrected chi connectivity index (χ3v) is 5.42. The molecule has 0 aliphatic carbocycles. The van der Waals surface area contributed by atoms with Gasteiger partial charge in [-0.2, -0.15) is 0 Å². The molecule has 2 N–H and O–H groups in total. The molecule has 31 heavy (non-hydrogen) atoms. The zero-order valence-corrected chi connectivity index (χ0v) is 17.5. The molecule has 0 atom stereocenters. The first-order chi connectivity index (χ1) is 15.2. The van der Waals surface area contributed by atoms with Crippen molar-refractivity contribution in [1.29, 1.82) is 0 Å². The van der Waals surface area contributed by atoms with Gasteiger partial charge in [0.05, 0.1) is 10.4 Å². The van der Waals surface area contributed by atoms with Gasteiger partial charge >= 0.3 is 0 Å². The first kappa shape index (κ1) is 20.7. The molecule has 1 aliphatic rings. The highest BCUT2D eigenvalue weighted by molar-refractivity contribution is 5.94. The van der Waals surface area contributed by atoms with E-state index >= 15 is 0 Å². The van der Waals surface area contributed by atoms with Crippen LogP contribution in [-0.2, 0) is 13.1 Å². The highest BCUT2D eigenvalue weighted by Crippen LogP contribution is 2.32. The standard InChI is InChI=1S/C23H26N6O2/c1-2-24-21-13-20-19(12-22(21)29(30)31)23(27-16-26-20)25-14-17-8-4-5-9-18(17)15-28-10-6-3-7-11-28/h3-6,8-9,12-13,16,24H,2,7,10-11,14-15H2,1H3,(H,25,26,27). The molecule has 2 aromatic carbocycles. The quantitative estimate of drug-likeness (QED) is 0.319. The summed E-state index contributed by atoms with van der Waals surface area (Å²) in [7, 11) is 0. The lowest BCUT2D eigenvalue weighted by atomic mass is 10.1. The van der Waals surface area contributed by atoms with E-state index in [1.165, 1.54) is 17.5 Å². The van der Waals surface area contributed by atoms with E-state index in [0.717, 1.165) is 26.1 Å². The van der Waals surface area contributed by atoms with Crippen molar-refractivity contribution in [2.45, 2.75) is 26.4 Å². The molecule has 1 aromatic heterocycles. The number of nitrogens with zero attached hydrogens (tertiary/aromatic N) is 4. The van der Waals surface area contributed by atoms with Gasteiger partial charge in [0.1, 0.15) is 17.8 Å². The molecule has 0 unspecified atom stereocenters. The molecule has 1 aliphatic heterocycles. The molecule has 0 bridgehead atoms. The number of fused-ring (bicyclic) bond motifs is 1. The molecule has 8 nitrogen and oxygen atoms in total. The first-order valence-corrected chi connectivity index (χ1v) is 10.5. The molecule has 0 radical (unpaired) electrons. The summed E-state index contributed by atoms with van der Waals surface area (Å²) in [5, 5.41) is 18.6. The molecular weight excluding hydrogens is 392 g/mol. The van der Waals surface area contributed by atoms with E-state index in [4.69, 9.17) is 0 Å². The topological polar surface area (TPSA) is 96.2 Å². The first-order valence-electron chi connectivity index (χ1n) is 10.5. The van der Waals surface area contributed by atoms with Crippen molar-refractivity contribution in [2.75, 3.05) is 30.3 Å². The van der Waals surface area contributed by atoms with E-state index in [9.17, 15) is 10.1 Å². The molecule has 8 heteroatoms. The summed E-state index contributed by atoms with van der Waals surface area (Å²) < 4.78 is 0. The average molecular weight is 419 g/mol. The summed E-state index contributed by atoms with van der Waals surface area (Å²) in [5.74, 6) is 0.590. The van der Waals surface area contributed by atoms with Crippen LogP contribution in [0.2, 0.25) is 0 Å². The van der Waals surface area contributed by atoms with Crippen molar-refractivity contribution in [3.8, 4) is 0 Å². The zero-order valence-electron chi connectivity index (χ0n) is 17.5. The number of rotatable bonds is 8. The molecule has 0 saturated heterocycles. The molecule has 0 fully saturated rings. The van der Waals surface area contributed by atoms with Crippen molar-refractivity contribution >= 4 is 28.1 Å². The summed E-state index contributed by atoms with van der Waals surface area (Å²) in [5.41, 5.74) is 3.59. The monoisotopic (exact) mass is 418 g/mol. The van der Waals surface area contributed by atoms with E-state index < -0.39 is 0 Å². The van der Waals surface area contributed by atoms with Gasteiger partial charge < -0.3 is 10.6 Å². The highest BCUT2D eigenvalue weighted by atomic mass is 16.6. The van der Waals surface area contributed by atoms with Gasteiger partial charge in [0.15, 0.2) is 0 Å². The van der Waals surface area contributed by atoms with Crippen molar-refractivity contribution in [1.82, 2.24) is 14.9 Å². The van der Waals surface area contributed by atoms with Crippen molar-refractivity contribution < 1.29 is 4.92 Å². The highest BCUT2D eigenvalue weighted by Gasteiger charge is 2.18. The predicted molar refractivity (Wildman–Crippen MR) is 123 cm³/mol. The summed E-state index contributed by atoms with van der Waals surface area (Å²) in [6.45, 7) is 5.99. The van der Waals surface area contributed by atoms with Crippen molar-refractivity contribution in [3.63, 3.8) is 0 Å². The second-order valence-electron chi connectivity index (χ2n) is 7.51. The Hall–Kier alpha value is -3.52. The summed E-state index contributed by atoms with van der Waals surface area (Å²) in [4.78, 5) is 22.3. The van der Waals surface area contributed by atoms with Gasteiger partial charge in [0.25, 0.3) is 5.69 Å². The van der Waals surface area contributed by atoms with Crippen molar-refractivity contribution in [3.05, 3.63) is 76.1 Å². The second-order valence-corrected chi connectivity index (χ2v) is 7.51. The Labute approximate surface area is 181 Å². The number of hydrogen-bond donors (Lipinski definition) is 2. The van der Waals surface area contributed by atoms with Crippen LogP contribution in [0.1, 0.15) is 24.5 Å². The maximum Gasteiger partial charge on any atom is 0.293 e. The van der Waals surface area contributed by atoms with Crippen LogP contribution in [-0.4, -0.2) is 39.4 Å². The maximum absolute atomic E-state index is 11.6. The number of benzene rings is 2. The van der Waals surface area contributed by atoms with Crippen LogP contribution in [0.4, 0.5) is 17.2 Å². The molecule has 0 amide bonds. The van der Waals surface area contributed by atoms with E-state index in [1.54, 1.807) is 12.1 Å². The zero-order chi connectivity index (χ0) is 21.6. The SMILES string of the molecule is CCNc1cc2ncnc(NCc3ccccc3CN3CC=CCC3)c2cc1[N+](=O)[O-]. The Balaban J connectivity index is 1.59. The van der Waals surface area contributed by atoms with Crippen LogP contribution in [0, 0.1) is 10.1 Å². The summed E-state index contributed by atoms with van der Waals surface area (Å²) in [6, 6.07) is 11.6. The number of anilines is 2. The van der Waals surface area contributed by atoms with Gasteiger partial charge in [-0.05, 0) is 30.5 Å². The smallest absolute Gasteiger partial charge is 0.293 e. The molecule has 3 aromatic rings. The molecular formula is C23H26N6O2. The lowest BCUT2D eigenvalue weighted by molar-refractivity contribution is -0.383. The van der Waals surface area contributed by atoms with Crippen LogP contribution in [0.15, 0.2) is 54.9 Å². The molecule has 0 saturated carbocycles. The van der Waals surface area contributed by atoms with E-state index in [0.29, 0.717) is 35.5 Å². The minimum atomic E-state index is -0.378. The van der Waals surface area contributed by atoms with E-state index in [-0.39, 0.29) is 10.6 Å². The normalized spacial score (nSPS) is 14.0. The number of aromatic nitrogens is 2. The number of nitro benzene ring substituents is 1. The average Bonchev–Trinajstić information content (AvgIpc) is 2.79. The van der Waals surface area contributed by atoms with Crippen LogP contribution in [0.25, 0.3) is 10.9 Å². The number of hydrogen-bond acceptors (Lipinski definition) is 7. The van der Waals surface area contributed by atoms with Gasteiger partial charge in [-0.25, -0.2) is 9.97 Å². The largest absolute Gasteiger partial charge is 0.380 e. The fourth-order valence-electron chi connectivity index (χ4n) is 3.85. The van der Waals surface area contributed by atoms with Crippen LogP contribution >= 0.6 is 0 Å². The van der Waals surface area contributed by atoms with E-state index in [2.05, 4.69) is 55.9 Å². The van der Waals surface area contributed by atoms with Gasteiger partial charge in [-0.15, -0.1) is 0 Å². The minimum Gasteiger partial charge on any atom is -0.380 e. The summed E-state index contributed by atoms with van der Waals surface area (Å²) >= 11 is 0. The number of nitrogens with one attached hydrogen (secondary N) is 2. The third-order valence-electron chi connectivity index (χ3n) is 5.42. The van der Waals surface area contributed by atoms with Crippen LogP contribution in [0.3, 0.4) is 0 Å². The second kappa shape index (κ2) is 9.53. The van der Waals surface area contributed by atoms with Gasteiger partial charge in [0.2, 0.25) is 0 Å². The lowest BCUT2D eigenvalue weighted by Gasteiger charge is -2.24. The minimum absolute atomic E-state index is 0.0192. The Morgan fingerprint density at radius 1 is 1.13 bits per heavy atom.